The fourth-order valence-corrected chi connectivity index (χ4v) is 3.45. The highest BCUT2D eigenvalue weighted by Gasteiger charge is 2.20. The molecule has 0 spiro atoms. The van der Waals surface area contributed by atoms with E-state index in [9.17, 15) is 4.39 Å². The first-order chi connectivity index (χ1) is 8.70. The van der Waals surface area contributed by atoms with Gasteiger partial charge in [-0.05, 0) is 37.1 Å². The molecule has 1 atom stereocenters. The second-order valence-electron chi connectivity index (χ2n) is 4.86. The number of rotatable bonds is 3. The lowest BCUT2D eigenvalue weighted by Gasteiger charge is -2.28. The van der Waals surface area contributed by atoms with Crippen LogP contribution < -0.4 is 0 Å². The summed E-state index contributed by atoms with van der Waals surface area (Å²) in [7, 11) is 0. The maximum absolute atomic E-state index is 13.0. The topological polar surface area (TPSA) is 3.24 Å². The average molecular weight is 335 g/mol. The molecule has 1 fully saturated rings. The number of likely N-dealkylation sites (tertiary alicyclic amines) is 1. The third kappa shape index (κ3) is 3.69. The van der Waals surface area contributed by atoms with Crippen molar-refractivity contribution in [2.24, 2.45) is 0 Å². The van der Waals surface area contributed by atoms with E-state index in [2.05, 4.69) is 20.8 Å². The molecule has 0 bridgehead atoms. The van der Waals surface area contributed by atoms with Gasteiger partial charge in [-0.15, -0.1) is 0 Å². The van der Waals surface area contributed by atoms with Crippen molar-refractivity contribution in [2.45, 2.75) is 38.3 Å². The van der Waals surface area contributed by atoms with Gasteiger partial charge in [0.05, 0.1) is 0 Å². The third-order valence-electron chi connectivity index (χ3n) is 3.57. The first kappa shape index (κ1) is 14.3. The maximum Gasteiger partial charge on any atom is 0.124 e. The van der Waals surface area contributed by atoms with Crippen LogP contribution in [0.5, 0.6) is 0 Å². The lowest BCUT2D eigenvalue weighted by atomic mass is 10.1. The zero-order chi connectivity index (χ0) is 13.0. The van der Waals surface area contributed by atoms with Gasteiger partial charge in [-0.2, -0.15) is 0 Å². The molecule has 1 saturated heterocycles. The number of benzene rings is 1. The van der Waals surface area contributed by atoms with Gasteiger partial charge in [-0.3, -0.25) is 4.90 Å². The minimum atomic E-state index is -0.267. The minimum absolute atomic E-state index is 0.267. The molecule has 0 amide bonds. The molecule has 18 heavy (non-hydrogen) atoms. The summed E-state index contributed by atoms with van der Waals surface area (Å²) in [5.41, 5.74) is 1.02. The summed E-state index contributed by atoms with van der Waals surface area (Å²) < 4.78 is 13.0. The Morgan fingerprint density at radius 1 is 1.33 bits per heavy atom. The molecule has 0 radical (unpaired) electrons. The molecule has 0 aliphatic carbocycles. The van der Waals surface area contributed by atoms with E-state index in [1.54, 1.807) is 6.07 Å². The molecule has 1 aromatic rings. The first-order valence-electron chi connectivity index (χ1n) is 6.44. The highest BCUT2D eigenvalue weighted by atomic mass is 79.9. The summed E-state index contributed by atoms with van der Waals surface area (Å²) in [5, 5.41) is 1.53. The van der Waals surface area contributed by atoms with Gasteiger partial charge in [0, 0.05) is 22.9 Å². The van der Waals surface area contributed by atoms with E-state index < -0.39 is 0 Å². The Morgan fingerprint density at radius 2 is 2.17 bits per heavy atom. The molecule has 100 valence electrons. The van der Waals surface area contributed by atoms with Crippen LogP contribution in [0.15, 0.2) is 18.2 Å². The zero-order valence-corrected chi connectivity index (χ0v) is 12.7. The van der Waals surface area contributed by atoms with Gasteiger partial charge in [-0.25, -0.2) is 4.39 Å². The summed E-state index contributed by atoms with van der Waals surface area (Å²) in [5.74, 6) is -0.267. The van der Waals surface area contributed by atoms with Crippen molar-refractivity contribution in [1.82, 2.24) is 4.90 Å². The number of hydrogen-bond donors (Lipinski definition) is 0. The van der Waals surface area contributed by atoms with Crippen molar-refractivity contribution in [2.75, 3.05) is 11.9 Å². The van der Waals surface area contributed by atoms with Gasteiger partial charge in [-0.1, -0.05) is 46.4 Å². The van der Waals surface area contributed by atoms with Crippen LogP contribution in [-0.4, -0.2) is 22.8 Å². The average Bonchev–Trinajstić information content (AvgIpc) is 2.57. The van der Waals surface area contributed by atoms with Gasteiger partial charge in [0.1, 0.15) is 5.82 Å². The van der Waals surface area contributed by atoms with Gasteiger partial charge in [0.15, 0.2) is 0 Å². The second-order valence-corrected chi connectivity index (χ2v) is 5.92. The molecule has 1 aliphatic rings. The van der Waals surface area contributed by atoms with E-state index in [1.807, 2.05) is 0 Å². The molecule has 0 N–H and O–H groups in total. The van der Waals surface area contributed by atoms with Gasteiger partial charge in [0.2, 0.25) is 0 Å². The van der Waals surface area contributed by atoms with Gasteiger partial charge >= 0.3 is 0 Å². The van der Waals surface area contributed by atoms with E-state index in [4.69, 9.17) is 11.6 Å². The van der Waals surface area contributed by atoms with Crippen molar-refractivity contribution in [1.29, 1.82) is 0 Å². The predicted molar refractivity (Wildman–Crippen MR) is 77.9 cm³/mol. The standard InChI is InChI=1S/C14H18BrClFN/c15-9-13-4-2-1-3-7-18(13)10-11-5-6-12(17)8-14(11)16/h5-6,8,13H,1-4,7,9-10H2. The molecule has 1 heterocycles. The molecule has 0 saturated carbocycles. The number of alkyl halides is 1. The van der Waals surface area contributed by atoms with Crippen LogP contribution >= 0.6 is 27.5 Å². The normalized spacial score (nSPS) is 21.8. The SMILES string of the molecule is Fc1ccc(CN2CCCCCC2CBr)c(Cl)c1. The Balaban J connectivity index is 2.10. The van der Waals surface area contributed by atoms with Crippen molar-refractivity contribution in [3.63, 3.8) is 0 Å². The summed E-state index contributed by atoms with van der Waals surface area (Å²) in [4.78, 5) is 2.46. The number of nitrogens with zero attached hydrogens (tertiary/aromatic N) is 1. The molecule has 1 aliphatic heterocycles. The van der Waals surface area contributed by atoms with Crippen molar-refractivity contribution in [3.8, 4) is 0 Å². The fraction of sp³-hybridized carbons (Fsp3) is 0.571. The van der Waals surface area contributed by atoms with E-state index in [0.29, 0.717) is 11.1 Å². The Hall–Kier alpha value is -0.120. The molecule has 1 nitrogen and oxygen atoms in total. The Kier molecular flexibility index (Phi) is 5.46. The van der Waals surface area contributed by atoms with E-state index in [0.717, 1.165) is 24.0 Å². The fourth-order valence-electron chi connectivity index (χ4n) is 2.49. The molecule has 2 rings (SSSR count). The van der Waals surface area contributed by atoms with Gasteiger partial charge < -0.3 is 0 Å². The third-order valence-corrected chi connectivity index (χ3v) is 4.66. The van der Waals surface area contributed by atoms with Gasteiger partial charge in [0.25, 0.3) is 0 Å². The quantitative estimate of drug-likeness (QED) is 0.729. The number of hydrogen-bond acceptors (Lipinski definition) is 1. The lowest BCUT2D eigenvalue weighted by molar-refractivity contribution is 0.209. The van der Waals surface area contributed by atoms with Crippen LogP contribution in [0.3, 0.4) is 0 Å². The molecular weight excluding hydrogens is 317 g/mol. The summed E-state index contributed by atoms with van der Waals surface area (Å²) in [6.45, 7) is 1.92. The predicted octanol–water partition coefficient (Wildman–Crippen LogP) is 4.62. The van der Waals surface area contributed by atoms with E-state index in [-0.39, 0.29) is 5.82 Å². The smallest absolute Gasteiger partial charge is 0.124 e. The minimum Gasteiger partial charge on any atom is -0.295 e. The van der Waals surface area contributed by atoms with Crippen LogP contribution in [-0.2, 0) is 6.54 Å². The Morgan fingerprint density at radius 3 is 2.89 bits per heavy atom. The number of halogens is 3. The van der Waals surface area contributed by atoms with E-state index >= 15 is 0 Å². The van der Waals surface area contributed by atoms with E-state index in [1.165, 1.54) is 37.8 Å². The van der Waals surface area contributed by atoms with Crippen molar-refractivity contribution in [3.05, 3.63) is 34.6 Å². The lowest BCUT2D eigenvalue weighted by Crippen LogP contribution is -2.35. The monoisotopic (exact) mass is 333 g/mol. The largest absolute Gasteiger partial charge is 0.295 e. The van der Waals surface area contributed by atoms with Crippen LogP contribution in [0.25, 0.3) is 0 Å². The van der Waals surface area contributed by atoms with Crippen molar-refractivity contribution >= 4 is 27.5 Å². The zero-order valence-electron chi connectivity index (χ0n) is 10.3. The second kappa shape index (κ2) is 6.88. The Bertz CT molecular complexity index is 399. The summed E-state index contributed by atoms with van der Waals surface area (Å²) in [6.07, 6.45) is 5.06. The Labute approximate surface area is 121 Å². The van der Waals surface area contributed by atoms with Crippen molar-refractivity contribution < 1.29 is 4.39 Å². The highest BCUT2D eigenvalue weighted by molar-refractivity contribution is 9.09. The molecule has 1 unspecified atom stereocenters. The maximum atomic E-state index is 13.0. The summed E-state index contributed by atoms with van der Waals surface area (Å²) in [6, 6.07) is 5.25. The highest BCUT2D eigenvalue weighted by Crippen LogP contribution is 2.24. The molecule has 4 heteroatoms. The van der Waals surface area contributed by atoms with Crippen LogP contribution in [0.1, 0.15) is 31.2 Å². The molecule has 0 aromatic heterocycles. The molecule has 1 aromatic carbocycles. The summed E-state index contributed by atoms with van der Waals surface area (Å²) >= 11 is 9.70. The van der Waals surface area contributed by atoms with Crippen LogP contribution in [0, 0.1) is 5.82 Å². The van der Waals surface area contributed by atoms with Crippen LogP contribution in [0.4, 0.5) is 4.39 Å². The van der Waals surface area contributed by atoms with Crippen LogP contribution in [0.2, 0.25) is 5.02 Å². The molecular formula is C14H18BrClFN. The first-order valence-corrected chi connectivity index (χ1v) is 7.94.